The molecule has 0 radical (unpaired) electrons. The third-order valence-corrected chi connectivity index (χ3v) is 2.08. The number of nitrogens with one attached hydrogen (secondary N) is 1. The fraction of sp³-hybridized carbons (Fsp3) is 0.556. The van der Waals surface area contributed by atoms with Crippen LogP contribution in [0.3, 0.4) is 0 Å². The fourth-order valence-corrected chi connectivity index (χ4v) is 1.45. The molecule has 0 aliphatic heterocycles. The van der Waals surface area contributed by atoms with Gasteiger partial charge >= 0.3 is 5.97 Å². The standard InChI is InChI=1S/C9H14N2O3/c1-5(10-4-8(12)13)9-6(2)11-14-7(9)3/h5,10H,4H2,1-3H3,(H,12,13). The van der Waals surface area contributed by atoms with Gasteiger partial charge in [-0.2, -0.15) is 0 Å². The second-order valence-electron chi connectivity index (χ2n) is 3.23. The Bertz CT molecular complexity index is 313. The van der Waals surface area contributed by atoms with Gasteiger partial charge in [0.1, 0.15) is 5.76 Å². The van der Waals surface area contributed by atoms with Crippen molar-refractivity contribution in [2.75, 3.05) is 6.54 Å². The minimum absolute atomic E-state index is 0.0580. The zero-order chi connectivity index (χ0) is 10.7. The minimum Gasteiger partial charge on any atom is -0.480 e. The number of aromatic nitrogens is 1. The van der Waals surface area contributed by atoms with Gasteiger partial charge in [0.2, 0.25) is 0 Å². The van der Waals surface area contributed by atoms with Crippen molar-refractivity contribution in [3.63, 3.8) is 0 Å². The van der Waals surface area contributed by atoms with Gasteiger partial charge in [-0.05, 0) is 20.8 Å². The SMILES string of the molecule is Cc1noc(C)c1C(C)NCC(=O)O. The van der Waals surface area contributed by atoms with Gasteiger partial charge < -0.3 is 14.9 Å². The topological polar surface area (TPSA) is 75.4 Å². The molecular weight excluding hydrogens is 184 g/mol. The molecule has 0 aromatic carbocycles. The number of carbonyl (C=O) groups is 1. The van der Waals surface area contributed by atoms with E-state index in [0.717, 1.165) is 17.0 Å². The van der Waals surface area contributed by atoms with Crippen LogP contribution in [0.15, 0.2) is 4.52 Å². The molecule has 0 aliphatic rings. The monoisotopic (exact) mass is 198 g/mol. The van der Waals surface area contributed by atoms with Gasteiger partial charge in [-0.15, -0.1) is 0 Å². The number of carboxylic acids is 1. The number of nitrogens with zero attached hydrogens (tertiary/aromatic N) is 1. The normalized spacial score (nSPS) is 12.8. The molecule has 5 heteroatoms. The first-order valence-electron chi connectivity index (χ1n) is 4.40. The van der Waals surface area contributed by atoms with Crippen molar-refractivity contribution in [1.82, 2.24) is 10.5 Å². The summed E-state index contributed by atoms with van der Waals surface area (Å²) in [5.74, 6) is -0.142. The maximum Gasteiger partial charge on any atom is 0.317 e. The Morgan fingerprint density at radius 1 is 1.64 bits per heavy atom. The van der Waals surface area contributed by atoms with E-state index in [4.69, 9.17) is 9.63 Å². The van der Waals surface area contributed by atoms with Crippen molar-refractivity contribution < 1.29 is 14.4 Å². The number of carboxylic acid groups (broad SMARTS) is 1. The van der Waals surface area contributed by atoms with Gasteiger partial charge in [0, 0.05) is 11.6 Å². The number of aliphatic carboxylic acids is 1. The van der Waals surface area contributed by atoms with Crippen LogP contribution in [0.4, 0.5) is 0 Å². The molecule has 0 aliphatic carbocycles. The predicted octanol–water partition coefficient (Wildman–Crippen LogP) is 1.03. The van der Waals surface area contributed by atoms with Crippen LogP contribution >= 0.6 is 0 Å². The molecule has 1 heterocycles. The quantitative estimate of drug-likeness (QED) is 0.755. The van der Waals surface area contributed by atoms with E-state index in [2.05, 4.69) is 10.5 Å². The van der Waals surface area contributed by atoms with Gasteiger partial charge in [-0.1, -0.05) is 5.16 Å². The average molecular weight is 198 g/mol. The molecule has 0 saturated heterocycles. The summed E-state index contributed by atoms with van der Waals surface area (Å²) in [4.78, 5) is 10.3. The van der Waals surface area contributed by atoms with Crippen LogP contribution in [0.1, 0.15) is 30.0 Å². The summed E-state index contributed by atoms with van der Waals surface area (Å²) in [6.07, 6.45) is 0. The zero-order valence-corrected chi connectivity index (χ0v) is 8.50. The summed E-state index contributed by atoms with van der Waals surface area (Å²) in [6, 6.07) is -0.0580. The van der Waals surface area contributed by atoms with Crippen LogP contribution in [-0.4, -0.2) is 22.8 Å². The van der Waals surface area contributed by atoms with E-state index in [-0.39, 0.29) is 12.6 Å². The Labute approximate surface area is 82.1 Å². The largest absolute Gasteiger partial charge is 0.480 e. The molecule has 1 aromatic heterocycles. The Morgan fingerprint density at radius 2 is 2.29 bits per heavy atom. The van der Waals surface area contributed by atoms with Crippen LogP contribution in [0, 0.1) is 13.8 Å². The van der Waals surface area contributed by atoms with Crippen LogP contribution in [0.5, 0.6) is 0 Å². The summed E-state index contributed by atoms with van der Waals surface area (Å²) < 4.78 is 4.99. The molecule has 2 N–H and O–H groups in total. The summed E-state index contributed by atoms with van der Waals surface area (Å²) in [6.45, 7) is 5.47. The van der Waals surface area contributed by atoms with Crippen LogP contribution in [0.2, 0.25) is 0 Å². The average Bonchev–Trinajstić information content (AvgIpc) is 2.42. The van der Waals surface area contributed by atoms with Gasteiger partial charge in [-0.3, -0.25) is 4.79 Å². The lowest BCUT2D eigenvalue weighted by atomic mass is 10.1. The van der Waals surface area contributed by atoms with Gasteiger partial charge in [0.15, 0.2) is 0 Å². The van der Waals surface area contributed by atoms with E-state index in [1.807, 2.05) is 20.8 Å². The Kier molecular flexibility index (Phi) is 3.24. The maximum absolute atomic E-state index is 10.3. The molecule has 1 unspecified atom stereocenters. The van der Waals surface area contributed by atoms with E-state index in [9.17, 15) is 4.79 Å². The lowest BCUT2D eigenvalue weighted by molar-refractivity contribution is -0.136. The molecule has 5 nitrogen and oxygen atoms in total. The number of hydrogen-bond acceptors (Lipinski definition) is 4. The van der Waals surface area contributed by atoms with Gasteiger partial charge in [-0.25, -0.2) is 0 Å². The second-order valence-corrected chi connectivity index (χ2v) is 3.23. The first-order valence-corrected chi connectivity index (χ1v) is 4.40. The highest BCUT2D eigenvalue weighted by Gasteiger charge is 2.16. The molecular formula is C9H14N2O3. The van der Waals surface area contributed by atoms with E-state index in [1.54, 1.807) is 0 Å². The highest BCUT2D eigenvalue weighted by molar-refractivity contribution is 5.69. The molecule has 0 saturated carbocycles. The Balaban J connectivity index is 2.69. The van der Waals surface area contributed by atoms with Crippen molar-refractivity contribution >= 4 is 5.97 Å². The summed E-state index contributed by atoms with van der Waals surface area (Å²) in [7, 11) is 0. The molecule has 1 aromatic rings. The zero-order valence-electron chi connectivity index (χ0n) is 8.50. The fourth-order valence-electron chi connectivity index (χ4n) is 1.45. The van der Waals surface area contributed by atoms with Gasteiger partial charge in [0.25, 0.3) is 0 Å². The Hall–Kier alpha value is -1.36. The van der Waals surface area contributed by atoms with E-state index >= 15 is 0 Å². The Morgan fingerprint density at radius 3 is 2.71 bits per heavy atom. The van der Waals surface area contributed by atoms with E-state index < -0.39 is 5.97 Å². The van der Waals surface area contributed by atoms with E-state index in [0.29, 0.717) is 0 Å². The molecule has 78 valence electrons. The van der Waals surface area contributed by atoms with Crippen molar-refractivity contribution in [2.45, 2.75) is 26.8 Å². The van der Waals surface area contributed by atoms with Crippen LogP contribution < -0.4 is 5.32 Å². The molecule has 14 heavy (non-hydrogen) atoms. The van der Waals surface area contributed by atoms with Crippen molar-refractivity contribution in [3.8, 4) is 0 Å². The summed E-state index contributed by atoms with van der Waals surface area (Å²) in [5.41, 5.74) is 1.74. The lowest BCUT2D eigenvalue weighted by Crippen LogP contribution is -2.26. The van der Waals surface area contributed by atoms with Crippen molar-refractivity contribution in [1.29, 1.82) is 0 Å². The summed E-state index contributed by atoms with van der Waals surface area (Å²) in [5, 5.41) is 15.2. The van der Waals surface area contributed by atoms with Crippen molar-refractivity contribution in [2.24, 2.45) is 0 Å². The number of rotatable bonds is 4. The molecule has 0 spiro atoms. The van der Waals surface area contributed by atoms with Crippen LogP contribution in [-0.2, 0) is 4.79 Å². The minimum atomic E-state index is -0.872. The van der Waals surface area contributed by atoms with Gasteiger partial charge in [0.05, 0.1) is 12.2 Å². The smallest absolute Gasteiger partial charge is 0.317 e. The van der Waals surface area contributed by atoms with Crippen LogP contribution in [0.25, 0.3) is 0 Å². The third kappa shape index (κ3) is 2.32. The third-order valence-electron chi connectivity index (χ3n) is 2.08. The highest BCUT2D eigenvalue weighted by Crippen LogP contribution is 2.20. The van der Waals surface area contributed by atoms with E-state index in [1.165, 1.54) is 0 Å². The number of aryl methyl sites for hydroxylation is 2. The molecule has 0 bridgehead atoms. The molecule has 1 rings (SSSR count). The lowest BCUT2D eigenvalue weighted by Gasteiger charge is -2.11. The molecule has 1 atom stereocenters. The molecule has 0 amide bonds. The highest BCUT2D eigenvalue weighted by atomic mass is 16.5. The molecule has 0 fully saturated rings. The summed E-state index contributed by atoms with van der Waals surface area (Å²) >= 11 is 0. The van der Waals surface area contributed by atoms with Crippen molar-refractivity contribution in [3.05, 3.63) is 17.0 Å². The second kappa shape index (κ2) is 4.23. The maximum atomic E-state index is 10.3. The number of hydrogen-bond donors (Lipinski definition) is 2. The predicted molar refractivity (Wildman–Crippen MR) is 50.0 cm³/mol. The first-order chi connectivity index (χ1) is 6.52. The first kappa shape index (κ1) is 10.7.